The van der Waals surface area contributed by atoms with E-state index in [-0.39, 0.29) is 25.0 Å². The normalized spacial score (nSPS) is 12.0. The van der Waals surface area contributed by atoms with Gasteiger partial charge in [0.05, 0.1) is 18.9 Å². The average Bonchev–Trinajstić information content (AvgIpc) is 3.02. The van der Waals surface area contributed by atoms with E-state index < -0.39 is 17.9 Å². The van der Waals surface area contributed by atoms with E-state index in [1.54, 1.807) is 11.6 Å². The van der Waals surface area contributed by atoms with Crippen LogP contribution in [0.3, 0.4) is 0 Å². The molecule has 1 aromatic carbocycles. The molecule has 1 unspecified atom stereocenters. The van der Waals surface area contributed by atoms with Crippen LogP contribution in [0.4, 0.5) is 0 Å². The molecular formula is C19H24N4O4. The molecule has 0 fully saturated rings. The molecule has 8 heteroatoms. The van der Waals surface area contributed by atoms with Gasteiger partial charge in [0, 0.05) is 0 Å². The van der Waals surface area contributed by atoms with Gasteiger partial charge in [-0.15, -0.1) is 11.7 Å². The molecule has 0 aliphatic carbocycles. The standard InChI is InChI=1S/C19H24N4O4/c1-5-10-27-11-15(19(25)26)21-18(24)17-20-13(4)23(22-17)16-9-7-6-8-14(16)12(2)3/h5-9,12,15H,1,10-11H2,2-4H3,(H,21,24)(H,25,26). The summed E-state index contributed by atoms with van der Waals surface area (Å²) in [6.45, 7) is 9.38. The van der Waals surface area contributed by atoms with Crippen LogP contribution in [0, 0.1) is 6.92 Å². The molecule has 144 valence electrons. The summed E-state index contributed by atoms with van der Waals surface area (Å²) in [5, 5.41) is 15.9. The quantitative estimate of drug-likeness (QED) is 0.516. The van der Waals surface area contributed by atoms with Gasteiger partial charge in [0.25, 0.3) is 5.91 Å². The van der Waals surface area contributed by atoms with Crippen molar-refractivity contribution in [3.63, 3.8) is 0 Å². The fourth-order valence-electron chi connectivity index (χ4n) is 2.55. The van der Waals surface area contributed by atoms with E-state index in [1.807, 2.05) is 24.3 Å². The van der Waals surface area contributed by atoms with Gasteiger partial charge >= 0.3 is 5.97 Å². The van der Waals surface area contributed by atoms with Gasteiger partial charge < -0.3 is 15.2 Å². The number of rotatable bonds is 9. The molecule has 2 N–H and O–H groups in total. The second kappa shape index (κ2) is 9.09. The zero-order valence-electron chi connectivity index (χ0n) is 15.7. The van der Waals surface area contributed by atoms with Crippen LogP contribution in [0.5, 0.6) is 0 Å². The van der Waals surface area contributed by atoms with Gasteiger partial charge in [-0.3, -0.25) is 4.79 Å². The van der Waals surface area contributed by atoms with Crippen molar-refractivity contribution < 1.29 is 19.4 Å². The summed E-state index contributed by atoms with van der Waals surface area (Å²) >= 11 is 0. The van der Waals surface area contributed by atoms with Crippen molar-refractivity contribution in [2.45, 2.75) is 32.7 Å². The van der Waals surface area contributed by atoms with E-state index in [1.165, 1.54) is 6.08 Å². The zero-order chi connectivity index (χ0) is 20.0. The largest absolute Gasteiger partial charge is 0.480 e. The summed E-state index contributed by atoms with van der Waals surface area (Å²) in [4.78, 5) is 27.9. The highest BCUT2D eigenvalue weighted by Crippen LogP contribution is 2.23. The number of nitrogens with one attached hydrogen (secondary N) is 1. The first-order valence-electron chi connectivity index (χ1n) is 8.60. The highest BCUT2D eigenvalue weighted by Gasteiger charge is 2.24. The maximum atomic E-state index is 12.4. The predicted octanol–water partition coefficient (Wildman–Crippen LogP) is 2.08. The highest BCUT2D eigenvalue weighted by atomic mass is 16.5. The highest BCUT2D eigenvalue weighted by molar-refractivity contribution is 5.93. The molecule has 1 aromatic heterocycles. The molecule has 1 amide bonds. The summed E-state index contributed by atoms with van der Waals surface area (Å²) in [6, 6.07) is 6.53. The third-order valence-corrected chi connectivity index (χ3v) is 3.88. The summed E-state index contributed by atoms with van der Waals surface area (Å²) in [6.07, 6.45) is 1.50. The first kappa shape index (κ1) is 20.3. The lowest BCUT2D eigenvalue weighted by atomic mass is 10.0. The fraction of sp³-hybridized carbons (Fsp3) is 0.368. The molecule has 0 radical (unpaired) electrons. The Bertz CT molecular complexity index is 829. The van der Waals surface area contributed by atoms with Crippen molar-refractivity contribution >= 4 is 11.9 Å². The van der Waals surface area contributed by atoms with E-state index in [0.717, 1.165) is 11.3 Å². The fourth-order valence-corrected chi connectivity index (χ4v) is 2.55. The third kappa shape index (κ3) is 5.01. The number of hydrogen-bond donors (Lipinski definition) is 2. The number of amides is 1. The minimum absolute atomic E-state index is 0.0963. The first-order chi connectivity index (χ1) is 12.8. The van der Waals surface area contributed by atoms with Crippen LogP contribution >= 0.6 is 0 Å². The number of carbonyl (C=O) groups is 2. The molecule has 27 heavy (non-hydrogen) atoms. The number of ether oxygens (including phenoxy) is 1. The lowest BCUT2D eigenvalue weighted by molar-refractivity contribution is -0.140. The SMILES string of the molecule is C=CCOCC(NC(=O)c1nc(C)n(-c2ccccc2C(C)C)n1)C(=O)O. The van der Waals surface area contributed by atoms with Crippen molar-refractivity contribution in [1.29, 1.82) is 0 Å². The number of hydrogen-bond acceptors (Lipinski definition) is 5. The van der Waals surface area contributed by atoms with Crippen LogP contribution in [0.2, 0.25) is 0 Å². The summed E-state index contributed by atoms with van der Waals surface area (Å²) in [5.74, 6) is -1.17. The Morgan fingerprint density at radius 2 is 2.07 bits per heavy atom. The number of aliphatic carboxylic acids is 1. The van der Waals surface area contributed by atoms with Gasteiger partial charge in [0.15, 0.2) is 6.04 Å². The molecule has 2 aromatic rings. The minimum Gasteiger partial charge on any atom is -0.480 e. The lowest BCUT2D eigenvalue weighted by Gasteiger charge is -2.13. The number of carboxylic acids is 1. The second-order valence-electron chi connectivity index (χ2n) is 6.30. The number of aromatic nitrogens is 3. The summed E-state index contributed by atoms with van der Waals surface area (Å²) in [5.41, 5.74) is 1.90. The first-order valence-corrected chi connectivity index (χ1v) is 8.60. The predicted molar refractivity (Wildman–Crippen MR) is 100 cm³/mol. The summed E-state index contributed by atoms with van der Waals surface area (Å²) in [7, 11) is 0. The maximum absolute atomic E-state index is 12.4. The van der Waals surface area contributed by atoms with Gasteiger partial charge in [-0.1, -0.05) is 38.1 Å². The Hall–Kier alpha value is -3.00. The Balaban J connectivity index is 2.23. The zero-order valence-corrected chi connectivity index (χ0v) is 15.7. The molecule has 2 rings (SSSR count). The monoisotopic (exact) mass is 372 g/mol. The minimum atomic E-state index is -1.20. The van der Waals surface area contributed by atoms with Crippen LogP contribution in [-0.4, -0.2) is 51.0 Å². The molecule has 1 atom stereocenters. The number of nitrogens with zero attached hydrogens (tertiary/aromatic N) is 3. The molecule has 0 saturated carbocycles. The van der Waals surface area contributed by atoms with Crippen molar-refractivity contribution in [1.82, 2.24) is 20.1 Å². The van der Waals surface area contributed by atoms with Crippen molar-refractivity contribution in [2.75, 3.05) is 13.2 Å². The van der Waals surface area contributed by atoms with Gasteiger partial charge in [-0.05, 0) is 24.5 Å². The van der Waals surface area contributed by atoms with E-state index in [0.29, 0.717) is 5.82 Å². The smallest absolute Gasteiger partial charge is 0.328 e. The maximum Gasteiger partial charge on any atom is 0.328 e. The van der Waals surface area contributed by atoms with E-state index in [4.69, 9.17) is 4.74 Å². The van der Waals surface area contributed by atoms with Gasteiger partial charge in [0.2, 0.25) is 5.82 Å². The number of aryl methyl sites for hydroxylation is 1. The Labute approximate surface area is 157 Å². The molecule has 0 bridgehead atoms. The van der Waals surface area contributed by atoms with Crippen LogP contribution in [-0.2, 0) is 9.53 Å². The van der Waals surface area contributed by atoms with Crippen LogP contribution in [0.1, 0.15) is 41.8 Å². The second-order valence-corrected chi connectivity index (χ2v) is 6.30. The third-order valence-electron chi connectivity index (χ3n) is 3.88. The number of carbonyl (C=O) groups excluding carboxylic acids is 1. The van der Waals surface area contributed by atoms with E-state index in [9.17, 15) is 14.7 Å². The lowest BCUT2D eigenvalue weighted by Crippen LogP contribution is -2.44. The molecule has 0 aliphatic heterocycles. The Morgan fingerprint density at radius 3 is 2.70 bits per heavy atom. The van der Waals surface area contributed by atoms with E-state index >= 15 is 0 Å². The number of benzene rings is 1. The average molecular weight is 372 g/mol. The van der Waals surface area contributed by atoms with E-state index in [2.05, 4.69) is 35.8 Å². The van der Waals surface area contributed by atoms with Crippen molar-refractivity contribution in [3.05, 3.63) is 54.1 Å². The topological polar surface area (TPSA) is 106 Å². The molecule has 0 spiro atoms. The van der Waals surface area contributed by atoms with Gasteiger partial charge in [0.1, 0.15) is 5.82 Å². The molecule has 8 nitrogen and oxygen atoms in total. The van der Waals surface area contributed by atoms with Gasteiger partial charge in [-0.25, -0.2) is 14.5 Å². The summed E-state index contributed by atoms with van der Waals surface area (Å²) < 4.78 is 6.72. The van der Waals surface area contributed by atoms with Crippen LogP contribution in [0.15, 0.2) is 36.9 Å². The van der Waals surface area contributed by atoms with Crippen LogP contribution in [0.25, 0.3) is 5.69 Å². The van der Waals surface area contributed by atoms with Crippen molar-refractivity contribution in [2.24, 2.45) is 0 Å². The Morgan fingerprint density at radius 1 is 1.37 bits per heavy atom. The molecule has 0 saturated heterocycles. The number of para-hydroxylation sites is 1. The molecule has 1 heterocycles. The van der Waals surface area contributed by atoms with Crippen LogP contribution < -0.4 is 5.32 Å². The Kier molecular flexibility index (Phi) is 6.84. The molecular weight excluding hydrogens is 348 g/mol. The number of carboxylic acid groups (broad SMARTS) is 1. The van der Waals surface area contributed by atoms with Gasteiger partial charge in [-0.2, -0.15) is 0 Å². The molecule has 0 aliphatic rings. The van der Waals surface area contributed by atoms with Crippen molar-refractivity contribution in [3.8, 4) is 5.69 Å².